The number of benzene rings is 1. The van der Waals surface area contributed by atoms with Crippen molar-refractivity contribution < 1.29 is 9.53 Å². The van der Waals surface area contributed by atoms with Crippen LogP contribution in [0, 0.1) is 5.92 Å². The topological polar surface area (TPSA) is 41.6 Å². The molecule has 23 heavy (non-hydrogen) atoms. The minimum Gasteiger partial charge on any atom is -0.444 e. The number of hydrogen-bond acceptors (Lipinski definition) is 3. The van der Waals surface area contributed by atoms with Crippen LogP contribution in [0.4, 0.5) is 4.79 Å². The molecule has 1 aromatic carbocycles. The zero-order chi connectivity index (χ0) is 17.0. The Morgan fingerprint density at radius 3 is 2.52 bits per heavy atom. The summed E-state index contributed by atoms with van der Waals surface area (Å²) in [5, 5.41) is 3.60. The van der Waals surface area contributed by atoms with Crippen LogP contribution in [0.25, 0.3) is 0 Å². The lowest BCUT2D eigenvalue weighted by molar-refractivity contribution is 0.00126. The van der Waals surface area contributed by atoms with E-state index in [1.807, 2.05) is 31.7 Å². The van der Waals surface area contributed by atoms with E-state index in [9.17, 15) is 4.79 Å². The Balaban J connectivity index is 2.06. The Morgan fingerprint density at radius 1 is 1.30 bits per heavy atom. The van der Waals surface area contributed by atoms with E-state index < -0.39 is 5.60 Å². The number of rotatable bonds is 3. The summed E-state index contributed by atoms with van der Waals surface area (Å²) in [5.41, 5.74) is 0.829. The molecule has 4 heteroatoms. The Morgan fingerprint density at radius 2 is 1.96 bits per heavy atom. The molecule has 0 bridgehead atoms. The fraction of sp³-hybridized carbons (Fsp3) is 0.632. The Bertz CT molecular complexity index is 508. The highest BCUT2D eigenvalue weighted by Crippen LogP contribution is 2.20. The first-order chi connectivity index (χ1) is 10.8. The van der Waals surface area contributed by atoms with E-state index >= 15 is 0 Å². The highest BCUT2D eigenvalue weighted by molar-refractivity contribution is 5.69. The lowest BCUT2D eigenvalue weighted by Crippen LogP contribution is -2.61. The number of carbonyl (C=O) groups excluding carboxylic acids is 1. The van der Waals surface area contributed by atoms with Crippen LogP contribution >= 0.6 is 0 Å². The first-order valence-electron chi connectivity index (χ1n) is 8.53. The molecule has 128 valence electrons. The van der Waals surface area contributed by atoms with Gasteiger partial charge in [0.05, 0.1) is 0 Å². The molecule has 2 rings (SSSR count). The molecular formula is C19H30N2O2. The average molecular weight is 318 g/mol. The maximum Gasteiger partial charge on any atom is 0.410 e. The van der Waals surface area contributed by atoms with E-state index in [0.29, 0.717) is 12.5 Å². The molecule has 0 aromatic heterocycles. The summed E-state index contributed by atoms with van der Waals surface area (Å²) in [7, 11) is 0. The van der Waals surface area contributed by atoms with Crippen LogP contribution < -0.4 is 5.32 Å². The fourth-order valence-corrected chi connectivity index (χ4v) is 3.00. The third kappa shape index (κ3) is 5.24. The van der Waals surface area contributed by atoms with Crippen LogP contribution in [0.15, 0.2) is 30.3 Å². The molecule has 1 fully saturated rings. The molecule has 1 heterocycles. The van der Waals surface area contributed by atoms with Gasteiger partial charge < -0.3 is 15.0 Å². The van der Waals surface area contributed by atoms with Crippen LogP contribution in [0.2, 0.25) is 0 Å². The van der Waals surface area contributed by atoms with Gasteiger partial charge in [0.15, 0.2) is 0 Å². The quantitative estimate of drug-likeness (QED) is 0.928. The third-order valence-corrected chi connectivity index (χ3v) is 4.16. The molecule has 0 saturated carbocycles. The number of nitrogens with zero attached hydrogens (tertiary/aromatic N) is 1. The summed E-state index contributed by atoms with van der Waals surface area (Å²) >= 11 is 0. The molecule has 1 amide bonds. The van der Waals surface area contributed by atoms with E-state index in [1.165, 1.54) is 5.56 Å². The van der Waals surface area contributed by atoms with Crippen LogP contribution in [-0.2, 0) is 11.2 Å². The van der Waals surface area contributed by atoms with Gasteiger partial charge in [0.1, 0.15) is 5.60 Å². The predicted octanol–water partition coefficient (Wildman–Crippen LogP) is 3.46. The van der Waals surface area contributed by atoms with E-state index in [1.54, 1.807) is 0 Å². The molecule has 0 radical (unpaired) electrons. The number of hydrogen-bond donors (Lipinski definition) is 1. The van der Waals surface area contributed by atoms with E-state index in [-0.39, 0.29) is 18.2 Å². The van der Waals surface area contributed by atoms with Crippen molar-refractivity contribution in [1.82, 2.24) is 10.2 Å². The van der Waals surface area contributed by atoms with Crippen molar-refractivity contribution in [3.8, 4) is 0 Å². The largest absolute Gasteiger partial charge is 0.444 e. The van der Waals surface area contributed by atoms with Crippen molar-refractivity contribution in [2.75, 3.05) is 13.1 Å². The second-order valence-electron chi connectivity index (χ2n) is 7.74. The molecule has 1 aliphatic rings. The van der Waals surface area contributed by atoms with Gasteiger partial charge in [0, 0.05) is 25.2 Å². The number of nitrogens with one attached hydrogen (secondary N) is 1. The van der Waals surface area contributed by atoms with Crippen LogP contribution in [0.5, 0.6) is 0 Å². The Kier molecular flexibility index (Phi) is 5.69. The van der Waals surface area contributed by atoms with Crippen LogP contribution in [0.1, 0.15) is 40.2 Å². The summed E-state index contributed by atoms with van der Waals surface area (Å²) in [4.78, 5) is 14.5. The lowest BCUT2D eigenvalue weighted by Gasteiger charge is -2.42. The standard InChI is InChI=1S/C19H30N2O2/c1-14(2)17-12-20-16(11-15-9-7-6-8-10-15)13-21(17)18(22)23-19(3,4)5/h6-10,14,16-17,20H,11-13H2,1-5H3. The van der Waals surface area contributed by atoms with Crippen LogP contribution in [0.3, 0.4) is 0 Å². The highest BCUT2D eigenvalue weighted by atomic mass is 16.6. The van der Waals surface area contributed by atoms with E-state index in [4.69, 9.17) is 4.74 Å². The first-order valence-corrected chi connectivity index (χ1v) is 8.53. The van der Waals surface area contributed by atoms with Gasteiger partial charge in [-0.25, -0.2) is 4.79 Å². The maximum atomic E-state index is 12.6. The van der Waals surface area contributed by atoms with Gasteiger partial charge in [-0.05, 0) is 38.7 Å². The number of piperazine rings is 1. The van der Waals surface area contributed by atoms with E-state index in [2.05, 4.69) is 43.4 Å². The minimum absolute atomic E-state index is 0.178. The van der Waals surface area contributed by atoms with Gasteiger partial charge in [-0.3, -0.25) is 0 Å². The van der Waals surface area contributed by atoms with Gasteiger partial charge in [0.25, 0.3) is 0 Å². The predicted molar refractivity (Wildman–Crippen MR) is 93.5 cm³/mol. The molecule has 4 nitrogen and oxygen atoms in total. The number of carbonyl (C=O) groups is 1. The van der Waals surface area contributed by atoms with Gasteiger partial charge >= 0.3 is 6.09 Å². The fourth-order valence-electron chi connectivity index (χ4n) is 3.00. The normalized spacial score (nSPS) is 22.3. The van der Waals surface area contributed by atoms with Gasteiger partial charge in [-0.2, -0.15) is 0 Å². The molecule has 2 atom stereocenters. The smallest absolute Gasteiger partial charge is 0.410 e. The van der Waals surface area contributed by atoms with E-state index in [0.717, 1.165) is 13.0 Å². The minimum atomic E-state index is -0.460. The number of ether oxygens (including phenoxy) is 1. The van der Waals surface area contributed by atoms with Crippen LogP contribution in [-0.4, -0.2) is 41.8 Å². The molecule has 1 aromatic rings. The van der Waals surface area contributed by atoms with Crippen molar-refractivity contribution in [1.29, 1.82) is 0 Å². The first kappa shape index (κ1) is 17.8. The molecule has 0 aliphatic carbocycles. The van der Waals surface area contributed by atoms with Gasteiger partial charge in [-0.15, -0.1) is 0 Å². The van der Waals surface area contributed by atoms with Crippen molar-refractivity contribution in [3.05, 3.63) is 35.9 Å². The Labute approximate surface area is 140 Å². The van der Waals surface area contributed by atoms with Crippen molar-refractivity contribution in [2.24, 2.45) is 5.92 Å². The van der Waals surface area contributed by atoms with Crippen molar-refractivity contribution in [2.45, 2.75) is 58.7 Å². The van der Waals surface area contributed by atoms with Crippen molar-refractivity contribution >= 4 is 6.09 Å². The van der Waals surface area contributed by atoms with Crippen molar-refractivity contribution in [3.63, 3.8) is 0 Å². The van der Waals surface area contributed by atoms with Gasteiger partial charge in [0.2, 0.25) is 0 Å². The second-order valence-corrected chi connectivity index (χ2v) is 7.74. The summed E-state index contributed by atoms with van der Waals surface area (Å²) in [5.74, 6) is 0.396. The molecule has 2 unspecified atom stereocenters. The zero-order valence-electron chi connectivity index (χ0n) is 15.0. The lowest BCUT2D eigenvalue weighted by atomic mass is 9.96. The third-order valence-electron chi connectivity index (χ3n) is 4.16. The molecule has 1 N–H and O–H groups in total. The summed E-state index contributed by atoms with van der Waals surface area (Å²) in [6.45, 7) is 11.6. The van der Waals surface area contributed by atoms with Gasteiger partial charge in [-0.1, -0.05) is 44.2 Å². The number of amides is 1. The molecular weight excluding hydrogens is 288 g/mol. The SMILES string of the molecule is CC(C)C1CNC(Cc2ccccc2)CN1C(=O)OC(C)(C)C. The summed E-state index contributed by atoms with van der Waals surface area (Å²) < 4.78 is 5.62. The monoisotopic (exact) mass is 318 g/mol. The highest BCUT2D eigenvalue weighted by Gasteiger charge is 2.35. The molecule has 0 spiro atoms. The second kappa shape index (κ2) is 7.35. The average Bonchev–Trinajstić information content (AvgIpc) is 2.46. The molecule has 1 aliphatic heterocycles. The zero-order valence-corrected chi connectivity index (χ0v) is 15.0. The summed E-state index contributed by atoms with van der Waals surface area (Å²) in [6.07, 6.45) is 0.723. The Hall–Kier alpha value is -1.55. The maximum absolute atomic E-state index is 12.6. The summed E-state index contributed by atoms with van der Waals surface area (Å²) in [6, 6.07) is 10.8. The molecule has 1 saturated heterocycles.